The largest absolute Gasteiger partial charge is 0.310 e. The van der Waals surface area contributed by atoms with Crippen molar-refractivity contribution in [1.82, 2.24) is 20.1 Å². The van der Waals surface area contributed by atoms with Crippen LogP contribution in [0.5, 0.6) is 0 Å². The van der Waals surface area contributed by atoms with Gasteiger partial charge in [-0.2, -0.15) is 0 Å². The van der Waals surface area contributed by atoms with Gasteiger partial charge in [-0.25, -0.2) is 9.97 Å². The van der Waals surface area contributed by atoms with Crippen LogP contribution in [0.2, 0.25) is 0 Å². The third-order valence-electron chi connectivity index (χ3n) is 5.08. The third kappa shape index (κ3) is 4.45. The lowest BCUT2D eigenvalue weighted by atomic mass is 9.87. The molecule has 0 bridgehead atoms. The second kappa shape index (κ2) is 8.17. The standard InChI is InChI=1S/C22H24N6O2/c1-22(2,18-6-3-7-20(25-18)27-28(30)17-9-10-17)21(29)26-19-11-8-16(14-24-19)15-5-4-12-23-13-15/h3-8,11-14,17,30H,9-10H2,1-2H3,(H,25,27)(H,24,26,29). The van der Waals surface area contributed by atoms with Crippen LogP contribution in [0, 0.1) is 0 Å². The van der Waals surface area contributed by atoms with Gasteiger partial charge in [0, 0.05) is 29.7 Å². The third-order valence-corrected chi connectivity index (χ3v) is 5.08. The van der Waals surface area contributed by atoms with Crippen LogP contribution in [-0.2, 0) is 10.2 Å². The molecule has 0 saturated heterocycles. The topological polar surface area (TPSA) is 103 Å². The van der Waals surface area contributed by atoms with Crippen molar-refractivity contribution in [2.24, 2.45) is 0 Å². The van der Waals surface area contributed by atoms with E-state index in [1.165, 1.54) is 0 Å². The Kier molecular flexibility index (Phi) is 5.43. The average molecular weight is 404 g/mol. The van der Waals surface area contributed by atoms with E-state index in [2.05, 4.69) is 25.7 Å². The van der Waals surface area contributed by atoms with Gasteiger partial charge < -0.3 is 5.32 Å². The van der Waals surface area contributed by atoms with Crippen molar-refractivity contribution in [3.05, 3.63) is 66.7 Å². The van der Waals surface area contributed by atoms with E-state index in [1.807, 2.05) is 18.2 Å². The van der Waals surface area contributed by atoms with Crippen LogP contribution in [0.4, 0.5) is 11.6 Å². The SMILES string of the molecule is CC(C)(C(=O)Nc1ccc(-c2cccnc2)cn1)c1cccc(NN(O)C2CC2)n1. The predicted molar refractivity (Wildman–Crippen MR) is 114 cm³/mol. The molecule has 1 aliphatic rings. The van der Waals surface area contributed by atoms with Gasteiger partial charge in [0.05, 0.1) is 17.2 Å². The summed E-state index contributed by atoms with van der Waals surface area (Å²) in [6.45, 7) is 3.60. The molecular weight excluding hydrogens is 380 g/mol. The Bertz CT molecular complexity index is 1020. The molecule has 1 saturated carbocycles. The van der Waals surface area contributed by atoms with Crippen LogP contribution < -0.4 is 10.7 Å². The van der Waals surface area contributed by atoms with Gasteiger partial charge in [-0.1, -0.05) is 12.1 Å². The van der Waals surface area contributed by atoms with Crippen molar-refractivity contribution >= 4 is 17.5 Å². The Hall–Kier alpha value is -3.36. The Morgan fingerprint density at radius 2 is 1.87 bits per heavy atom. The second-order valence-electron chi connectivity index (χ2n) is 7.85. The molecule has 1 fully saturated rings. The predicted octanol–water partition coefficient (Wildman–Crippen LogP) is 3.64. The first-order valence-electron chi connectivity index (χ1n) is 9.84. The highest BCUT2D eigenvalue weighted by Crippen LogP contribution is 2.27. The average Bonchev–Trinajstić information content (AvgIpc) is 3.61. The van der Waals surface area contributed by atoms with Crippen LogP contribution in [-0.4, -0.2) is 37.3 Å². The monoisotopic (exact) mass is 404 g/mol. The van der Waals surface area contributed by atoms with E-state index in [0.717, 1.165) is 29.1 Å². The molecule has 0 radical (unpaired) electrons. The minimum Gasteiger partial charge on any atom is -0.310 e. The van der Waals surface area contributed by atoms with Crippen LogP contribution in [0.3, 0.4) is 0 Å². The molecule has 0 atom stereocenters. The number of hydroxylamine groups is 1. The lowest BCUT2D eigenvalue weighted by Gasteiger charge is -2.24. The van der Waals surface area contributed by atoms with Crippen molar-refractivity contribution in [2.75, 3.05) is 10.7 Å². The molecule has 0 spiro atoms. The molecule has 0 unspecified atom stereocenters. The Labute approximate surface area is 174 Å². The quantitative estimate of drug-likeness (QED) is 0.517. The zero-order valence-electron chi connectivity index (χ0n) is 16.9. The smallest absolute Gasteiger partial charge is 0.237 e. The zero-order chi connectivity index (χ0) is 21.1. The molecule has 1 amide bonds. The number of aromatic nitrogens is 3. The fraction of sp³-hybridized carbons (Fsp3) is 0.273. The summed E-state index contributed by atoms with van der Waals surface area (Å²) < 4.78 is 0. The highest BCUT2D eigenvalue weighted by atomic mass is 16.5. The van der Waals surface area contributed by atoms with Gasteiger partial charge in [-0.15, -0.1) is 5.17 Å². The number of rotatable bonds is 7. The summed E-state index contributed by atoms with van der Waals surface area (Å²) in [4.78, 5) is 25.9. The van der Waals surface area contributed by atoms with Gasteiger partial charge in [-0.3, -0.25) is 20.4 Å². The first-order valence-corrected chi connectivity index (χ1v) is 9.84. The number of hydrazine groups is 1. The fourth-order valence-electron chi connectivity index (χ4n) is 2.93. The number of pyridine rings is 3. The summed E-state index contributed by atoms with van der Waals surface area (Å²) in [5.74, 6) is 0.726. The van der Waals surface area contributed by atoms with E-state index >= 15 is 0 Å². The summed E-state index contributed by atoms with van der Waals surface area (Å²) in [6, 6.07) is 12.9. The molecule has 3 N–H and O–H groups in total. The molecule has 4 rings (SSSR count). The highest BCUT2D eigenvalue weighted by Gasteiger charge is 2.33. The normalized spacial score (nSPS) is 13.9. The molecule has 8 nitrogen and oxygen atoms in total. The minimum atomic E-state index is -0.902. The molecule has 0 aliphatic heterocycles. The van der Waals surface area contributed by atoms with Gasteiger partial charge in [0.2, 0.25) is 5.91 Å². The zero-order valence-corrected chi connectivity index (χ0v) is 16.9. The van der Waals surface area contributed by atoms with Crippen molar-refractivity contribution in [1.29, 1.82) is 0 Å². The van der Waals surface area contributed by atoms with E-state index in [9.17, 15) is 10.0 Å². The number of hydrogen-bond donors (Lipinski definition) is 3. The molecule has 1 aliphatic carbocycles. The molecule has 30 heavy (non-hydrogen) atoms. The number of carbonyl (C=O) groups is 1. The maximum Gasteiger partial charge on any atom is 0.237 e. The minimum absolute atomic E-state index is 0.118. The number of nitrogens with zero attached hydrogens (tertiary/aromatic N) is 4. The Morgan fingerprint density at radius 3 is 2.53 bits per heavy atom. The van der Waals surface area contributed by atoms with Crippen LogP contribution in [0.25, 0.3) is 11.1 Å². The number of hydrogen-bond acceptors (Lipinski definition) is 7. The van der Waals surface area contributed by atoms with E-state index < -0.39 is 5.41 Å². The van der Waals surface area contributed by atoms with E-state index in [-0.39, 0.29) is 11.9 Å². The van der Waals surface area contributed by atoms with E-state index in [0.29, 0.717) is 17.3 Å². The molecule has 3 aromatic rings. The van der Waals surface area contributed by atoms with Crippen LogP contribution in [0.15, 0.2) is 61.1 Å². The van der Waals surface area contributed by atoms with Crippen molar-refractivity contribution in [2.45, 2.75) is 38.1 Å². The fourth-order valence-corrected chi connectivity index (χ4v) is 2.93. The molecule has 8 heteroatoms. The van der Waals surface area contributed by atoms with Crippen molar-refractivity contribution in [3.63, 3.8) is 0 Å². The van der Waals surface area contributed by atoms with Gasteiger partial charge in [0.25, 0.3) is 0 Å². The van der Waals surface area contributed by atoms with Gasteiger partial charge in [0.15, 0.2) is 0 Å². The summed E-state index contributed by atoms with van der Waals surface area (Å²) in [7, 11) is 0. The van der Waals surface area contributed by atoms with Gasteiger partial charge in [-0.05, 0) is 57.0 Å². The first-order chi connectivity index (χ1) is 14.4. The van der Waals surface area contributed by atoms with Gasteiger partial charge in [0.1, 0.15) is 11.6 Å². The maximum absolute atomic E-state index is 13.0. The molecule has 0 aromatic carbocycles. The second-order valence-corrected chi connectivity index (χ2v) is 7.85. The van der Waals surface area contributed by atoms with Crippen molar-refractivity contribution < 1.29 is 10.0 Å². The number of nitrogens with one attached hydrogen (secondary N) is 2. The Morgan fingerprint density at radius 1 is 1.07 bits per heavy atom. The highest BCUT2D eigenvalue weighted by molar-refractivity contribution is 5.97. The number of amides is 1. The lowest BCUT2D eigenvalue weighted by molar-refractivity contribution is -0.120. The van der Waals surface area contributed by atoms with E-state index in [1.54, 1.807) is 56.7 Å². The molecular formula is C22H24N6O2. The molecule has 154 valence electrons. The summed E-state index contributed by atoms with van der Waals surface area (Å²) in [6.07, 6.45) is 7.08. The summed E-state index contributed by atoms with van der Waals surface area (Å²) in [5.41, 5.74) is 4.42. The van der Waals surface area contributed by atoms with Gasteiger partial charge >= 0.3 is 0 Å². The molecule has 3 aromatic heterocycles. The number of anilines is 2. The Balaban J connectivity index is 1.45. The van der Waals surface area contributed by atoms with Crippen LogP contribution in [0.1, 0.15) is 32.4 Å². The number of carbonyl (C=O) groups excluding carboxylic acids is 1. The van der Waals surface area contributed by atoms with E-state index in [4.69, 9.17) is 0 Å². The molecule has 3 heterocycles. The lowest BCUT2D eigenvalue weighted by Crippen LogP contribution is -2.36. The van der Waals surface area contributed by atoms with Crippen LogP contribution >= 0.6 is 0 Å². The van der Waals surface area contributed by atoms with Crippen molar-refractivity contribution in [3.8, 4) is 11.1 Å². The maximum atomic E-state index is 13.0. The summed E-state index contributed by atoms with van der Waals surface area (Å²) >= 11 is 0. The first kappa shape index (κ1) is 19.9. The summed E-state index contributed by atoms with van der Waals surface area (Å²) in [5, 5.41) is 13.9.